The van der Waals surface area contributed by atoms with Crippen molar-refractivity contribution in [2.24, 2.45) is 5.92 Å². The lowest BCUT2D eigenvalue weighted by Gasteiger charge is -2.38. The highest BCUT2D eigenvalue weighted by Crippen LogP contribution is 2.39. The van der Waals surface area contributed by atoms with Crippen molar-refractivity contribution in [2.75, 3.05) is 31.1 Å². The number of hydrogen-bond acceptors (Lipinski definition) is 4. The molecule has 2 aliphatic heterocycles. The maximum Gasteiger partial charge on any atom is 0.251 e. The van der Waals surface area contributed by atoms with Crippen LogP contribution in [0, 0.1) is 5.92 Å². The summed E-state index contributed by atoms with van der Waals surface area (Å²) in [4.78, 5) is 16.4. The number of carbonyl (C=O) groups excluding carboxylic acids is 1. The zero-order valence-electron chi connectivity index (χ0n) is 14.3. The van der Waals surface area contributed by atoms with E-state index in [0.29, 0.717) is 12.5 Å². The van der Waals surface area contributed by atoms with E-state index in [1.165, 1.54) is 12.8 Å². The fourth-order valence-electron chi connectivity index (χ4n) is 3.80. The lowest BCUT2D eigenvalue weighted by atomic mass is 9.95. The number of hydrogen-bond donors (Lipinski definition) is 0. The third kappa shape index (κ3) is 3.75. The largest absolute Gasteiger partial charge is 0.354 e. The molecule has 1 aromatic rings. The highest BCUT2D eigenvalue weighted by Gasteiger charge is 2.38. The fourth-order valence-corrected chi connectivity index (χ4v) is 3.80. The van der Waals surface area contributed by atoms with Crippen LogP contribution in [0.5, 0.6) is 0 Å². The molecule has 0 unspecified atom stereocenters. The predicted octanol–water partition coefficient (Wildman–Crippen LogP) is 2.83. The van der Waals surface area contributed by atoms with E-state index in [-0.39, 0.29) is 37.8 Å². The quantitative estimate of drug-likeness (QED) is 0.841. The Kier molecular flexibility index (Phi) is 4.33. The van der Waals surface area contributed by atoms with Crippen molar-refractivity contribution >= 4 is 11.7 Å². The van der Waals surface area contributed by atoms with Crippen molar-refractivity contribution in [2.45, 2.75) is 50.4 Å². The summed E-state index contributed by atoms with van der Waals surface area (Å²) < 4.78 is 26.6. The molecule has 1 aliphatic carbocycles. The topological polar surface area (TPSA) is 49.3 Å². The number of likely N-dealkylation sites (tertiary alicyclic amines) is 1. The molecule has 136 valence electrons. The van der Waals surface area contributed by atoms with E-state index < -0.39 is 5.92 Å². The SMILES string of the molecule is O=C([C@@H]1CCCN(c2ccc(C3CC3)nn2)C1)N1CCC(F)(F)CC1. The molecule has 1 saturated carbocycles. The molecule has 5 nitrogen and oxygen atoms in total. The minimum Gasteiger partial charge on any atom is -0.354 e. The van der Waals surface area contributed by atoms with Crippen molar-refractivity contribution in [3.63, 3.8) is 0 Å². The molecule has 0 aromatic carbocycles. The molecule has 0 radical (unpaired) electrons. The molecule has 3 fully saturated rings. The summed E-state index contributed by atoms with van der Waals surface area (Å²) >= 11 is 0. The van der Waals surface area contributed by atoms with Gasteiger partial charge < -0.3 is 9.80 Å². The molecule has 7 heteroatoms. The summed E-state index contributed by atoms with van der Waals surface area (Å²) in [5.74, 6) is -1.34. The number of amides is 1. The van der Waals surface area contributed by atoms with E-state index in [1.54, 1.807) is 4.90 Å². The van der Waals surface area contributed by atoms with E-state index >= 15 is 0 Å². The Morgan fingerprint density at radius 3 is 2.48 bits per heavy atom. The van der Waals surface area contributed by atoms with Gasteiger partial charge in [-0.15, -0.1) is 5.10 Å². The summed E-state index contributed by atoms with van der Waals surface area (Å²) in [5.41, 5.74) is 1.06. The Balaban J connectivity index is 1.37. The second-order valence-electron chi connectivity index (χ2n) is 7.56. The van der Waals surface area contributed by atoms with Gasteiger partial charge in [-0.2, -0.15) is 5.10 Å². The van der Waals surface area contributed by atoms with Crippen molar-refractivity contribution < 1.29 is 13.6 Å². The average molecular weight is 350 g/mol. The monoisotopic (exact) mass is 350 g/mol. The van der Waals surface area contributed by atoms with Gasteiger partial charge >= 0.3 is 0 Å². The van der Waals surface area contributed by atoms with Crippen molar-refractivity contribution in [3.8, 4) is 0 Å². The van der Waals surface area contributed by atoms with Crippen LogP contribution in [0.3, 0.4) is 0 Å². The normalized spacial score (nSPS) is 26.6. The van der Waals surface area contributed by atoms with Crippen LogP contribution in [-0.2, 0) is 4.79 Å². The van der Waals surface area contributed by atoms with Crippen LogP contribution in [0.2, 0.25) is 0 Å². The summed E-state index contributed by atoms with van der Waals surface area (Å²) in [6.07, 6.45) is 3.68. The zero-order valence-corrected chi connectivity index (χ0v) is 14.3. The molecule has 3 heterocycles. The summed E-state index contributed by atoms with van der Waals surface area (Å²) in [7, 11) is 0. The molecular weight excluding hydrogens is 326 g/mol. The van der Waals surface area contributed by atoms with Crippen LogP contribution in [-0.4, -0.2) is 53.1 Å². The van der Waals surface area contributed by atoms with E-state index in [4.69, 9.17) is 0 Å². The molecule has 0 bridgehead atoms. The van der Waals surface area contributed by atoms with Gasteiger partial charge in [0, 0.05) is 44.9 Å². The van der Waals surface area contributed by atoms with Gasteiger partial charge in [0.2, 0.25) is 5.91 Å². The lowest BCUT2D eigenvalue weighted by molar-refractivity contribution is -0.141. The maximum absolute atomic E-state index is 13.3. The highest BCUT2D eigenvalue weighted by molar-refractivity contribution is 5.79. The standard InChI is InChI=1S/C18H24F2N4O/c19-18(20)7-10-23(11-8-18)17(25)14-2-1-9-24(12-14)16-6-5-15(21-22-16)13-3-4-13/h5-6,13-14H,1-4,7-12H2/t14-/m1/s1. The van der Waals surface area contributed by atoms with Gasteiger partial charge in [-0.25, -0.2) is 8.78 Å². The number of piperidine rings is 2. The first-order valence-corrected chi connectivity index (χ1v) is 9.27. The molecule has 3 aliphatic rings. The van der Waals surface area contributed by atoms with Gasteiger partial charge in [0.15, 0.2) is 5.82 Å². The number of aromatic nitrogens is 2. The van der Waals surface area contributed by atoms with Crippen LogP contribution in [0.25, 0.3) is 0 Å². The fraction of sp³-hybridized carbons (Fsp3) is 0.722. The summed E-state index contributed by atoms with van der Waals surface area (Å²) in [6.45, 7) is 1.79. The molecule has 4 rings (SSSR count). The van der Waals surface area contributed by atoms with Gasteiger partial charge in [0.05, 0.1) is 11.6 Å². The second-order valence-corrected chi connectivity index (χ2v) is 7.56. The van der Waals surface area contributed by atoms with Crippen LogP contribution in [0.4, 0.5) is 14.6 Å². The summed E-state index contributed by atoms with van der Waals surface area (Å²) in [6, 6.07) is 4.03. The average Bonchev–Trinajstić information content (AvgIpc) is 3.47. The Bertz CT molecular complexity index is 622. The third-order valence-electron chi connectivity index (χ3n) is 5.57. The number of alkyl halides is 2. The van der Waals surface area contributed by atoms with Gasteiger partial charge in [-0.3, -0.25) is 4.79 Å². The molecule has 25 heavy (non-hydrogen) atoms. The summed E-state index contributed by atoms with van der Waals surface area (Å²) in [5, 5.41) is 8.66. The number of halogens is 2. The molecule has 2 saturated heterocycles. The van der Waals surface area contributed by atoms with Gasteiger partial charge in [-0.1, -0.05) is 0 Å². The number of nitrogens with zero attached hydrogens (tertiary/aromatic N) is 4. The third-order valence-corrected chi connectivity index (χ3v) is 5.57. The molecule has 1 aromatic heterocycles. The lowest BCUT2D eigenvalue weighted by Crippen LogP contribution is -2.49. The molecule has 1 atom stereocenters. The van der Waals surface area contributed by atoms with E-state index in [2.05, 4.69) is 15.1 Å². The zero-order chi connectivity index (χ0) is 17.4. The molecule has 1 amide bonds. The van der Waals surface area contributed by atoms with E-state index in [9.17, 15) is 13.6 Å². The minimum absolute atomic E-state index is 0.0164. The Hall–Kier alpha value is -1.79. The van der Waals surface area contributed by atoms with Gasteiger partial charge in [0.1, 0.15) is 0 Å². The van der Waals surface area contributed by atoms with Crippen LogP contribution < -0.4 is 4.90 Å². The smallest absolute Gasteiger partial charge is 0.251 e. The Morgan fingerprint density at radius 2 is 1.84 bits per heavy atom. The second kappa shape index (κ2) is 6.50. The highest BCUT2D eigenvalue weighted by atomic mass is 19.3. The number of rotatable bonds is 3. The van der Waals surface area contributed by atoms with Crippen molar-refractivity contribution in [1.29, 1.82) is 0 Å². The van der Waals surface area contributed by atoms with Crippen molar-refractivity contribution in [3.05, 3.63) is 17.8 Å². The first kappa shape index (κ1) is 16.7. The Labute approximate surface area is 146 Å². The first-order valence-electron chi connectivity index (χ1n) is 9.27. The first-order chi connectivity index (χ1) is 12.0. The Morgan fingerprint density at radius 1 is 1.08 bits per heavy atom. The minimum atomic E-state index is -2.62. The maximum atomic E-state index is 13.3. The number of carbonyl (C=O) groups is 1. The molecular formula is C18H24F2N4O. The van der Waals surface area contributed by atoms with Crippen LogP contribution >= 0.6 is 0 Å². The number of anilines is 1. The van der Waals surface area contributed by atoms with Crippen LogP contribution in [0.15, 0.2) is 12.1 Å². The van der Waals surface area contributed by atoms with E-state index in [1.807, 2.05) is 12.1 Å². The molecule has 0 N–H and O–H groups in total. The van der Waals surface area contributed by atoms with Crippen molar-refractivity contribution in [1.82, 2.24) is 15.1 Å². The van der Waals surface area contributed by atoms with Gasteiger partial charge in [-0.05, 0) is 37.8 Å². The predicted molar refractivity (Wildman–Crippen MR) is 89.7 cm³/mol. The van der Waals surface area contributed by atoms with E-state index in [0.717, 1.165) is 30.9 Å². The van der Waals surface area contributed by atoms with Crippen LogP contribution in [0.1, 0.15) is 50.1 Å². The molecule has 0 spiro atoms. The van der Waals surface area contributed by atoms with Gasteiger partial charge in [0.25, 0.3) is 5.92 Å².